The minimum Gasteiger partial charge on any atom is -0.466 e. The second kappa shape index (κ2) is 49.8. The molecule has 11 nitrogen and oxygen atoms in total. The standard InChI is InChI=1S/C60H109NO10/c1-3-5-7-9-11-13-27-32-36-40-44-48-56(65)69-49-45-41-37-33-29-26-24-22-20-18-16-14-15-17-19-21-23-25-28-31-35-39-43-47-55(64)61-52(53(63)46-42-38-34-30-12-10-8-6-4-2)51-70-60-59(68)58(67)57(66)54(50-62)71-60/h9,11,14,16-17,19,42,46,52-54,57-60,62-63,66-68H,3-8,10,12-13,15,18,20-41,43-45,47-51H2,1-2H3,(H,61,64)/b11-9-,16-14-,19-17-,46-42+. The van der Waals surface area contributed by atoms with Crippen LogP contribution in [0.4, 0.5) is 0 Å². The van der Waals surface area contributed by atoms with Crippen molar-refractivity contribution in [2.75, 3.05) is 19.8 Å². The zero-order valence-electron chi connectivity index (χ0n) is 45.4. The maximum Gasteiger partial charge on any atom is 0.305 e. The number of allylic oxidation sites excluding steroid dienone is 7. The molecule has 1 heterocycles. The summed E-state index contributed by atoms with van der Waals surface area (Å²) in [7, 11) is 0. The Morgan fingerprint density at radius 1 is 0.521 bits per heavy atom. The minimum absolute atomic E-state index is 0.0166. The van der Waals surface area contributed by atoms with Crippen molar-refractivity contribution in [1.82, 2.24) is 5.32 Å². The van der Waals surface area contributed by atoms with Crippen LogP contribution in [0.3, 0.4) is 0 Å². The van der Waals surface area contributed by atoms with Gasteiger partial charge < -0.3 is 45.1 Å². The fraction of sp³-hybridized carbons (Fsp3) is 0.833. The van der Waals surface area contributed by atoms with Crippen LogP contribution < -0.4 is 5.32 Å². The molecule has 1 fully saturated rings. The predicted octanol–water partition coefficient (Wildman–Crippen LogP) is 13.3. The number of carbonyl (C=O) groups excluding carboxylic acids is 2. The van der Waals surface area contributed by atoms with Crippen molar-refractivity contribution < 1.29 is 49.3 Å². The molecule has 7 unspecified atom stereocenters. The van der Waals surface area contributed by atoms with E-state index < -0.39 is 49.5 Å². The number of hydrogen-bond donors (Lipinski definition) is 6. The van der Waals surface area contributed by atoms with Crippen LogP contribution in [0.1, 0.15) is 258 Å². The van der Waals surface area contributed by atoms with Crippen molar-refractivity contribution in [1.29, 1.82) is 0 Å². The molecular weight excluding hydrogens is 895 g/mol. The molecule has 0 radical (unpaired) electrons. The van der Waals surface area contributed by atoms with Gasteiger partial charge in [0.1, 0.15) is 24.4 Å². The van der Waals surface area contributed by atoms with Gasteiger partial charge in [-0.25, -0.2) is 0 Å². The molecular formula is C60H109NO10. The third kappa shape index (κ3) is 39.7. The van der Waals surface area contributed by atoms with Crippen LogP contribution in [0.25, 0.3) is 0 Å². The molecule has 71 heavy (non-hydrogen) atoms. The first-order valence-electron chi connectivity index (χ1n) is 29.4. The van der Waals surface area contributed by atoms with Crippen molar-refractivity contribution in [3.05, 3.63) is 48.6 Å². The molecule has 0 saturated carbocycles. The summed E-state index contributed by atoms with van der Waals surface area (Å²) in [4.78, 5) is 25.0. The third-order valence-corrected chi connectivity index (χ3v) is 13.7. The Morgan fingerprint density at radius 3 is 1.48 bits per heavy atom. The van der Waals surface area contributed by atoms with Gasteiger partial charge >= 0.3 is 5.97 Å². The number of carbonyl (C=O) groups is 2. The van der Waals surface area contributed by atoms with Gasteiger partial charge in [-0.15, -0.1) is 0 Å². The van der Waals surface area contributed by atoms with Crippen molar-refractivity contribution >= 4 is 11.9 Å². The smallest absolute Gasteiger partial charge is 0.305 e. The summed E-state index contributed by atoms with van der Waals surface area (Å²) in [5.41, 5.74) is 0. The minimum atomic E-state index is -1.57. The highest BCUT2D eigenvalue weighted by atomic mass is 16.7. The SMILES string of the molecule is CCCC/C=C\CCCCCCCC(=O)OCCCCCCCCCCC/C=C\C/C=C\CCCCCCCCCC(=O)NC(COC1OC(CO)C(O)C(O)C1O)C(O)/C=C/CCCCCCCCC. The molecule has 0 aromatic heterocycles. The zero-order valence-corrected chi connectivity index (χ0v) is 45.4. The predicted molar refractivity (Wildman–Crippen MR) is 292 cm³/mol. The van der Waals surface area contributed by atoms with E-state index in [9.17, 15) is 35.1 Å². The van der Waals surface area contributed by atoms with Gasteiger partial charge in [-0.1, -0.05) is 210 Å². The number of nitrogens with one attached hydrogen (secondary N) is 1. The Labute approximate surface area is 434 Å². The average Bonchev–Trinajstić information content (AvgIpc) is 3.37. The number of aliphatic hydroxyl groups is 5. The second-order valence-electron chi connectivity index (χ2n) is 20.3. The summed E-state index contributed by atoms with van der Waals surface area (Å²) in [5.74, 6) is -0.212. The first kappa shape index (κ1) is 66.6. The van der Waals surface area contributed by atoms with Gasteiger partial charge in [0.05, 0.1) is 32.0 Å². The Kier molecular flexibility index (Phi) is 46.7. The Morgan fingerprint density at radius 2 is 0.958 bits per heavy atom. The highest BCUT2D eigenvalue weighted by molar-refractivity contribution is 5.76. The molecule has 1 amide bonds. The molecule has 414 valence electrons. The number of esters is 1. The number of hydrogen-bond acceptors (Lipinski definition) is 10. The fourth-order valence-corrected chi connectivity index (χ4v) is 8.92. The molecule has 1 saturated heterocycles. The van der Waals surface area contributed by atoms with Crippen LogP contribution in [0.2, 0.25) is 0 Å². The Hall–Kier alpha value is -2.38. The van der Waals surface area contributed by atoms with Crippen LogP contribution in [0, 0.1) is 0 Å². The van der Waals surface area contributed by atoms with Crippen LogP contribution in [-0.2, 0) is 23.8 Å². The lowest BCUT2D eigenvalue weighted by Gasteiger charge is -2.40. The lowest BCUT2D eigenvalue weighted by atomic mass is 9.99. The topological polar surface area (TPSA) is 175 Å². The molecule has 0 aromatic rings. The summed E-state index contributed by atoms with van der Waals surface area (Å²) < 4.78 is 16.6. The lowest BCUT2D eigenvalue weighted by molar-refractivity contribution is -0.302. The van der Waals surface area contributed by atoms with E-state index in [0.29, 0.717) is 19.4 Å². The van der Waals surface area contributed by atoms with Crippen molar-refractivity contribution in [3.8, 4) is 0 Å². The normalized spacial score (nSPS) is 19.5. The molecule has 0 spiro atoms. The van der Waals surface area contributed by atoms with Gasteiger partial charge in [0.15, 0.2) is 6.29 Å². The molecule has 0 bridgehead atoms. The number of amides is 1. The van der Waals surface area contributed by atoms with Gasteiger partial charge in [0, 0.05) is 12.8 Å². The largest absolute Gasteiger partial charge is 0.466 e. The van der Waals surface area contributed by atoms with Crippen LogP contribution >= 0.6 is 0 Å². The summed E-state index contributed by atoms with van der Waals surface area (Å²) in [5, 5.41) is 54.2. The average molecular weight is 1000 g/mol. The number of aliphatic hydroxyl groups excluding tert-OH is 5. The first-order chi connectivity index (χ1) is 34.7. The highest BCUT2D eigenvalue weighted by Gasteiger charge is 2.44. The van der Waals surface area contributed by atoms with E-state index in [2.05, 4.69) is 55.6 Å². The molecule has 1 aliphatic heterocycles. The van der Waals surface area contributed by atoms with Gasteiger partial charge in [-0.3, -0.25) is 9.59 Å². The number of unbranched alkanes of at least 4 members (excludes halogenated alkanes) is 30. The van der Waals surface area contributed by atoms with Crippen molar-refractivity contribution in [2.24, 2.45) is 0 Å². The van der Waals surface area contributed by atoms with E-state index >= 15 is 0 Å². The van der Waals surface area contributed by atoms with Gasteiger partial charge in [-0.05, 0) is 83.5 Å². The molecule has 1 aliphatic rings. The van der Waals surface area contributed by atoms with Crippen molar-refractivity contribution in [3.63, 3.8) is 0 Å². The summed E-state index contributed by atoms with van der Waals surface area (Å²) >= 11 is 0. The first-order valence-corrected chi connectivity index (χ1v) is 29.4. The summed E-state index contributed by atoms with van der Waals surface area (Å²) in [6.45, 7) is 4.25. The van der Waals surface area contributed by atoms with E-state index in [-0.39, 0.29) is 18.5 Å². The second-order valence-corrected chi connectivity index (χ2v) is 20.3. The van der Waals surface area contributed by atoms with Gasteiger partial charge in [-0.2, -0.15) is 0 Å². The Balaban J connectivity index is 2.05. The molecule has 7 atom stereocenters. The monoisotopic (exact) mass is 1000 g/mol. The molecule has 11 heteroatoms. The molecule has 0 aliphatic carbocycles. The van der Waals surface area contributed by atoms with E-state index in [1.54, 1.807) is 6.08 Å². The van der Waals surface area contributed by atoms with E-state index in [4.69, 9.17) is 14.2 Å². The molecule has 1 rings (SSSR count). The summed E-state index contributed by atoms with van der Waals surface area (Å²) in [6, 6.07) is -0.817. The number of rotatable bonds is 50. The van der Waals surface area contributed by atoms with Gasteiger partial charge in [0.2, 0.25) is 5.91 Å². The fourth-order valence-electron chi connectivity index (χ4n) is 8.92. The maximum absolute atomic E-state index is 13.0. The summed E-state index contributed by atoms with van der Waals surface area (Å²) in [6.07, 6.45) is 52.2. The quantitative estimate of drug-likeness (QED) is 0.0195. The van der Waals surface area contributed by atoms with E-state index in [1.807, 2.05) is 6.08 Å². The third-order valence-electron chi connectivity index (χ3n) is 13.7. The lowest BCUT2D eigenvalue weighted by Crippen LogP contribution is -2.60. The van der Waals surface area contributed by atoms with Crippen LogP contribution in [-0.4, -0.2) is 100 Å². The highest BCUT2D eigenvalue weighted by Crippen LogP contribution is 2.23. The van der Waals surface area contributed by atoms with E-state index in [1.165, 1.54) is 148 Å². The van der Waals surface area contributed by atoms with E-state index in [0.717, 1.165) is 83.5 Å². The molecule has 6 N–H and O–H groups in total. The molecule has 0 aromatic carbocycles. The van der Waals surface area contributed by atoms with Crippen molar-refractivity contribution in [2.45, 2.75) is 301 Å². The van der Waals surface area contributed by atoms with Crippen LogP contribution in [0.5, 0.6) is 0 Å². The van der Waals surface area contributed by atoms with Gasteiger partial charge in [0.25, 0.3) is 0 Å². The zero-order chi connectivity index (χ0) is 51.7. The Bertz CT molecular complexity index is 1320. The number of ether oxygens (including phenoxy) is 3. The maximum atomic E-state index is 13.0. The van der Waals surface area contributed by atoms with Crippen LogP contribution in [0.15, 0.2) is 48.6 Å².